The molecule has 2 aromatic heterocycles. The van der Waals surface area contributed by atoms with Gasteiger partial charge in [-0.05, 0) is 31.5 Å². The second-order valence-corrected chi connectivity index (χ2v) is 17.3. The first-order chi connectivity index (χ1) is 15.0. The molecule has 0 aliphatic carbocycles. The molecule has 1 fully saturated rings. The van der Waals surface area contributed by atoms with Crippen LogP contribution in [0.25, 0.3) is 11.2 Å². The Kier molecular flexibility index (Phi) is 7.91. The zero-order valence-corrected chi connectivity index (χ0v) is 21.0. The second kappa shape index (κ2) is 10.3. The molecule has 32 heavy (non-hydrogen) atoms. The van der Waals surface area contributed by atoms with Gasteiger partial charge in [0.05, 0.1) is 6.20 Å². The summed E-state index contributed by atoms with van der Waals surface area (Å²) in [7, 11) is -4.63. The Morgan fingerprint density at radius 2 is 2.16 bits per heavy atom. The van der Waals surface area contributed by atoms with Crippen LogP contribution in [0.5, 0.6) is 0 Å². The van der Waals surface area contributed by atoms with Crippen molar-refractivity contribution in [1.29, 1.82) is 0 Å². The van der Waals surface area contributed by atoms with E-state index in [0.29, 0.717) is 30.9 Å². The molecule has 1 aliphatic rings. The van der Waals surface area contributed by atoms with E-state index < -0.39 is 29.3 Å². The van der Waals surface area contributed by atoms with Gasteiger partial charge in [-0.1, -0.05) is 26.1 Å². The monoisotopic (exact) mass is 482 g/mol. The van der Waals surface area contributed by atoms with E-state index in [-0.39, 0.29) is 11.9 Å². The van der Waals surface area contributed by atoms with Gasteiger partial charge >= 0.3 is 6.03 Å². The fourth-order valence-corrected chi connectivity index (χ4v) is 5.50. The first-order valence-corrected chi connectivity index (χ1v) is 16.6. The molecule has 2 aromatic rings. The molecule has 3 heterocycles. The summed E-state index contributed by atoms with van der Waals surface area (Å²) in [6, 6.07) is 1.95. The highest BCUT2D eigenvalue weighted by molar-refractivity contribution is 7.91. The minimum absolute atomic E-state index is 0.247. The van der Waals surface area contributed by atoms with Crippen molar-refractivity contribution >= 4 is 40.9 Å². The summed E-state index contributed by atoms with van der Waals surface area (Å²) in [5, 5.41) is 7.37. The lowest BCUT2D eigenvalue weighted by molar-refractivity contribution is 0.0899. The lowest BCUT2D eigenvalue weighted by Crippen LogP contribution is -2.56. The minimum atomic E-state index is -3.49. The van der Waals surface area contributed by atoms with E-state index in [1.165, 1.54) is 6.20 Å². The average Bonchev–Trinajstić information content (AvgIpc) is 3.11. The molecule has 1 saturated heterocycles. The van der Waals surface area contributed by atoms with E-state index in [2.05, 4.69) is 45.6 Å². The van der Waals surface area contributed by atoms with Crippen LogP contribution >= 0.6 is 0 Å². The molecule has 0 bridgehead atoms. The predicted molar refractivity (Wildman–Crippen MR) is 128 cm³/mol. The summed E-state index contributed by atoms with van der Waals surface area (Å²) in [6.07, 6.45) is 7.05. The van der Waals surface area contributed by atoms with Gasteiger partial charge in [-0.15, -0.1) is 0 Å². The fourth-order valence-electron chi connectivity index (χ4n) is 3.59. The number of sulfone groups is 1. The third-order valence-electron chi connectivity index (χ3n) is 5.38. The zero-order valence-electron chi connectivity index (χ0n) is 19.2. The summed E-state index contributed by atoms with van der Waals surface area (Å²) < 4.78 is 32.1. The van der Waals surface area contributed by atoms with Gasteiger partial charge < -0.3 is 19.9 Å². The summed E-state index contributed by atoms with van der Waals surface area (Å²) in [5.74, 6) is 0.247. The van der Waals surface area contributed by atoms with Crippen molar-refractivity contribution in [1.82, 2.24) is 25.2 Å². The molecular formula is C20H34N6O4SSi. The van der Waals surface area contributed by atoms with E-state index in [0.717, 1.165) is 31.7 Å². The van der Waals surface area contributed by atoms with Crippen LogP contribution in [0.4, 0.5) is 10.6 Å². The third-order valence-corrected chi connectivity index (χ3v) is 8.45. The predicted octanol–water partition coefficient (Wildman–Crippen LogP) is 2.38. The fraction of sp³-hybridized carbons (Fsp3) is 0.650. The van der Waals surface area contributed by atoms with Crippen LogP contribution in [-0.2, 0) is 21.3 Å². The molecule has 0 aromatic carbocycles. The average molecular weight is 483 g/mol. The van der Waals surface area contributed by atoms with E-state index in [1.807, 2.05) is 10.8 Å². The largest absolute Gasteiger partial charge is 0.361 e. The lowest BCUT2D eigenvalue weighted by Gasteiger charge is -2.30. The van der Waals surface area contributed by atoms with Crippen molar-refractivity contribution < 1.29 is 17.9 Å². The van der Waals surface area contributed by atoms with Gasteiger partial charge in [-0.3, -0.25) is 5.32 Å². The number of hydrogen-bond donors (Lipinski definition) is 3. The number of piperidine rings is 1. The number of urea groups is 1. The number of anilines is 1. The highest BCUT2D eigenvalue weighted by Gasteiger charge is 2.32. The maximum absolute atomic E-state index is 12.5. The van der Waals surface area contributed by atoms with Crippen molar-refractivity contribution in [2.24, 2.45) is 0 Å². The van der Waals surface area contributed by atoms with Crippen LogP contribution < -0.4 is 16.0 Å². The molecule has 0 saturated carbocycles. The van der Waals surface area contributed by atoms with Gasteiger partial charge in [0.2, 0.25) is 0 Å². The van der Waals surface area contributed by atoms with Crippen molar-refractivity contribution in [3.8, 4) is 0 Å². The molecule has 178 valence electrons. The molecule has 1 aliphatic heterocycles. The number of ether oxygens (including phenoxy) is 1. The van der Waals surface area contributed by atoms with Crippen molar-refractivity contribution in [3.05, 3.63) is 18.5 Å². The second-order valence-electron chi connectivity index (χ2n) is 9.50. The Bertz CT molecular complexity index is 1030. The molecule has 2 amide bonds. The molecule has 3 N–H and O–H groups in total. The summed E-state index contributed by atoms with van der Waals surface area (Å²) >= 11 is 0. The summed E-state index contributed by atoms with van der Waals surface area (Å²) in [4.78, 5) is 21.3. The van der Waals surface area contributed by atoms with Gasteiger partial charge in [0.15, 0.2) is 21.3 Å². The van der Waals surface area contributed by atoms with Crippen molar-refractivity contribution in [2.45, 2.75) is 63.1 Å². The Balaban J connectivity index is 1.61. The van der Waals surface area contributed by atoms with Crippen molar-refractivity contribution in [2.75, 3.05) is 24.7 Å². The quantitative estimate of drug-likeness (QED) is 0.370. The Hall–Kier alpha value is -2.02. The summed E-state index contributed by atoms with van der Waals surface area (Å²) in [5.41, 5.74) is 1.27. The van der Waals surface area contributed by atoms with Gasteiger partial charge in [-0.2, -0.15) is 0 Å². The van der Waals surface area contributed by atoms with Crippen LogP contribution in [-0.4, -0.2) is 67.9 Å². The molecule has 10 nitrogen and oxygen atoms in total. The Morgan fingerprint density at radius 1 is 1.38 bits per heavy atom. The zero-order chi connectivity index (χ0) is 23.4. The number of nitrogens with zero attached hydrogens (tertiary/aromatic N) is 3. The van der Waals surface area contributed by atoms with Gasteiger partial charge in [0.25, 0.3) is 0 Å². The van der Waals surface area contributed by atoms with Crippen LogP contribution in [0.15, 0.2) is 18.5 Å². The van der Waals surface area contributed by atoms with Crippen LogP contribution in [0.2, 0.25) is 25.7 Å². The number of rotatable bonds is 9. The number of nitrogens with one attached hydrogen (secondary N) is 3. The SMILES string of the molecule is C[Si](C)(C)CCOCn1ccc2nc(NC(=O)NC(C3CCCCN3)S(C)(=O)=O)cnc21. The van der Waals surface area contributed by atoms with Crippen LogP contribution in [0, 0.1) is 0 Å². The number of carbonyl (C=O) groups is 1. The number of amides is 2. The third kappa shape index (κ3) is 6.99. The number of fused-ring (bicyclic) bond motifs is 1. The highest BCUT2D eigenvalue weighted by Crippen LogP contribution is 2.16. The van der Waals surface area contributed by atoms with E-state index in [4.69, 9.17) is 4.74 Å². The molecule has 3 rings (SSSR count). The normalized spacial score (nSPS) is 18.4. The van der Waals surface area contributed by atoms with E-state index in [9.17, 15) is 13.2 Å². The van der Waals surface area contributed by atoms with Gasteiger partial charge in [0.1, 0.15) is 17.6 Å². The molecule has 12 heteroatoms. The lowest BCUT2D eigenvalue weighted by atomic mass is 10.1. The Morgan fingerprint density at radius 3 is 2.81 bits per heavy atom. The molecular weight excluding hydrogens is 448 g/mol. The number of carbonyl (C=O) groups excluding carboxylic acids is 1. The first-order valence-electron chi connectivity index (χ1n) is 10.9. The number of aromatic nitrogens is 3. The number of hydrogen-bond acceptors (Lipinski definition) is 7. The molecule has 0 spiro atoms. The Labute approximate surface area is 190 Å². The highest BCUT2D eigenvalue weighted by atomic mass is 32.2. The topological polar surface area (TPSA) is 127 Å². The van der Waals surface area contributed by atoms with E-state index in [1.54, 1.807) is 6.07 Å². The molecule has 2 atom stereocenters. The standard InChI is InChI=1S/C20H34N6O4SSi/c1-31(28,29)19(16-7-5-6-9-21-16)25-20(27)24-17-13-22-18-15(23-17)8-10-26(18)14-30-11-12-32(2,3)4/h8,10,13,16,19,21H,5-7,9,11-12,14H2,1-4H3,(H2,23,24,25,27). The minimum Gasteiger partial charge on any atom is -0.361 e. The smallest absolute Gasteiger partial charge is 0.321 e. The van der Waals surface area contributed by atoms with Crippen molar-refractivity contribution in [3.63, 3.8) is 0 Å². The first kappa shape index (κ1) is 24.6. The molecule has 0 radical (unpaired) electrons. The maximum atomic E-state index is 12.5. The van der Waals surface area contributed by atoms with Gasteiger partial charge in [-0.25, -0.2) is 23.2 Å². The van der Waals surface area contributed by atoms with Crippen LogP contribution in [0.1, 0.15) is 19.3 Å². The van der Waals surface area contributed by atoms with E-state index >= 15 is 0 Å². The van der Waals surface area contributed by atoms with Gasteiger partial charge in [0, 0.05) is 33.2 Å². The van der Waals surface area contributed by atoms with Crippen LogP contribution in [0.3, 0.4) is 0 Å². The molecule has 2 unspecified atom stereocenters. The summed E-state index contributed by atoms with van der Waals surface area (Å²) in [6.45, 7) is 8.76. The maximum Gasteiger partial charge on any atom is 0.321 e.